The zero-order valence-corrected chi connectivity index (χ0v) is 57.3. The van der Waals surface area contributed by atoms with E-state index in [1.165, 1.54) is 11.1 Å². The van der Waals surface area contributed by atoms with Gasteiger partial charge < -0.3 is 15.3 Å². The molecule has 13 aromatic carbocycles. The van der Waals surface area contributed by atoms with E-state index in [-0.39, 0.29) is 74.0 Å². The fourth-order valence-corrected chi connectivity index (χ4v) is 10.7. The van der Waals surface area contributed by atoms with Gasteiger partial charge in [-0.2, -0.15) is 5.10 Å². The molecule has 0 atom stereocenters. The van der Waals surface area contributed by atoms with E-state index < -0.39 is 0 Å². The van der Waals surface area contributed by atoms with Crippen molar-refractivity contribution < 1.29 is 39.3 Å². The Labute approximate surface area is 615 Å². The number of nitrogens with one attached hydrogen (secondary N) is 1. The number of ketones is 5. The Kier molecular flexibility index (Phi) is 28.2. The van der Waals surface area contributed by atoms with Crippen LogP contribution in [0, 0.1) is 41.5 Å². The maximum Gasteiger partial charge on any atom is 0.272 e. The largest absolute Gasteiger partial charge is 0.508 e. The SMILES string of the molecule is C.C.C.Cc1ccc(C(=O)c2ccc(-c3ccc(C(=O)c4ccc(C)cc4)cc3)cc2)cc1.Cc1ccc(C(=O)c2ccc(C(=O)c3ccc(C)cc3)cc2)cc1.Cc1ccc(C(=O)c2ccc(C)cc2)cc1.O=c1[nH]nc(-c2ccc(O)cc2)c2ccccc12.Oc1ccc(-c2ccc(O)cc2)cc1. The normalized spacial score (nSPS) is 10.1. The zero-order chi connectivity index (χ0) is 72.2. The summed E-state index contributed by atoms with van der Waals surface area (Å²) in [7, 11) is 0. The van der Waals surface area contributed by atoms with Crippen LogP contribution in [0.1, 0.15) is 135 Å². The molecule has 0 fully saturated rings. The first-order chi connectivity index (χ1) is 49.2. The van der Waals surface area contributed by atoms with Crippen LogP contribution in [0.25, 0.3) is 44.3 Å². The third kappa shape index (κ3) is 21.4. The van der Waals surface area contributed by atoms with Gasteiger partial charge in [0.1, 0.15) is 17.2 Å². The molecule has 0 saturated carbocycles. The van der Waals surface area contributed by atoms with Crippen LogP contribution in [0.15, 0.2) is 320 Å². The molecule has 0 saturated heterocycles. The standard InChI is InChI=1S/C28H22O2.C22H18O2.C15H14O.C14H10N2O2.C12H10O2.3CH4/c1-19-3-7-23(8-4-19)27(29)25-15-11-21(12-16-25)22-13-17-26(18-14-22)28(30)24-9-5-20(2)6-10-24;1-15-3-7-17(8-4-15)21(23)19-11-13-20(14-12-19)22(24)18-9-5-16(2)6-10-18;1-11-3-7-13(8-4-11)15(16)14-9-5-12(2)6-10-14;17-10-7-5-9(6-8-10)13-11-3-1-2-4-12(11)14(18)16-15-13;13-11-5-1-9(2-6-11)10-3-7-12(14)8-4-10;;;/h3-18H,1-2H3;3-14H,1-2H3;3-10H,1-2H3;1-8,17H,(H,16,18);1-8,13-14H;3*1H4. The Morgan fingerprint density at radius 2 is 0.410 bits per heavy atom. The summed E-state index contributed by atoms with van der Waals surface area (Å²) in [6, 6.07) is 95.5. The summed E-state index contributed by atoms with van der Waals surface area (Å²) in [5.74, 6) is 0.752. The average Bonchev–Trinajstić information content (AvgIpc) is 0.905. The van der Waals surface area contributed by atoms with Crippen molar-refractivity contribution in [2.24, 2.45) is 0 Å². The van der Waals surface area contributed by atoms with E-state index in [9.17, 15) is 33.9 Å². The van der Waals surface area contributed by atoms with Gasteiger partial charge in [-0.25, -0.2) is 5.10 Å². The molecule has 14 aromatic rings. The van der Waals surface area contributed by atoms with Gasteiger partial charge in [-0.1, -0.05) is 317 Å². The van der Waals surface area contributed by atoms with Gasteiger partial charge in [-0.15, -0.1) is 0 Å². The molecule has 0 aliphatic rings. The van der Waals surface area contributed by atoms with E-state index in [0.717, 1.165) is 66.6 Å². The highest BCUT2D eigenvalue weighted by atomic mass is 16.3. The number of aryl methyl sites for hydroxylation is 6. The number of carbonyl (C=O) groups excluding carboxylic acids is 5. The van der Waals surface area contributed by atoms with Crippen LogP contribution in [-0.2, 0) is 0 Å². The van der Waals surface area contributed by atoms with E-state index in [4.69, 9.17) is 10.2 Å². The molecule has 11 heteroatoms. The third-order valence-corrected chi connectivity index (χ3v) is 16.8. The number of aromatic nitrogens is 2. The Balaban J connectivity index is 0.000000187. The van der Waals surface area contributed by atoms with Crippen molar-refractivity contribution in [1.82, 2.24) is 10.2 Å². The molecule has 4 N–H and O–H groups in total. The van der Waals surface area contributed by atoms with Gasteiger partial charge in [0, 0.05) is 66.6 Å². The first-order valence-corrected chi connectivity index (χ1v) is 33.0. The van der Waals surface area contributed by atoms with Crippen LogP contribution in [0.4, 0.5) is 0 Å². The monoisotopic (exact) mass is 1390 g/mol. The maximum absolute atomic E-state index is 12.6. The fraction of sp³-hybridized carbons (Fsp3) is 0.0957. The fourth-order valence-electron chi connectivity index (χ4n) is 10.7. The third-order valence-electron chi connectivity index (χ3n) is 16.8. The Hall–Kier alpha value is -13.3. The van der Waals surface area contributed by atoms with Crippen molar-refractivity contribution in [3.05, 3.63) is 415 Å². The average molecular weight is 1390 g/mol. The number of nitrogens with zero attached hydrogens (tertiary/aromatic N) is 1. The molecule has 0 bridgehead atoms. The smallest absolute Gasteiger partial charge is 0.272 e. The van der Waals surface area contributed by atoms with E-state index >= 15 is 0 Å². The lowest BCUT2D eigenvalue weighted by atomic mass is 9.97. The number of phenolic OH excluding ortho intramolecular Hbond substituents is 3. The predicted molar refractivity (Wildman–Crippen MR) is 427 cm³/mol. The lowest BCUT2D eigenvalue weighted by Gasteiger charge is -2.07. The molecular formula is C94H86N2O9. The molecular weight excluding hydrogens is 1300 g/mol. The van der Waals surface area contributed by atoms with E-state index in [1.54, 1.807) is 78.9 Å². The minimum absolute atomic E-state index is 0. The highest BCUT2D eigenvalue weighted by molar-refractivity contribution is 6.13. The first kappa shape index (κ1) is 79.1. The van der Waals surface area contributed by atoms with Gasteiger partial charge in [-0.3, -0.25) is 28.8 Å². The molecule has 0 amide bonds. The molecule has 0 radical (unpaired) electrons. The second kappa shape index (κ2) is 37.4. The molecule has 11 nitrogen and oxygen atoms in total. The molecule has 0 aliphatic heterocycles. The molecule has 14 rings (SSSR count). The minimum atomic E-state index is -0.201. The number of hydrogen-bond donors (Lipinski definition) is 4. The van der Waals surface area contributed by atoms with Crippen molar-refractivity contribution in [2.75, 3.05) is 0 Å². The highest BCUT2D eigenvalue weighted by Gasteiger charge is 2.16. The number of carbonyl (C=O) groups is 5. The van der Waals surface area contributed by atoms with Crippen molar-refractivity contribution in [3.63, 3.8) is 0 Å². The van der Waals surface area contributed by atoms with Gasteiger partial charge in [0.15, 0.2) is 28.9 Å². The maximum atomic E-state index is 12.6. The molecule has 1 heterocycles. The lowest BCUT2D eigenvalue weighted by molar-refractivity contribution is 0.102. The van der Waals surface area contributed by atoms with Gasteiger partial charge in [-0.05, 0) is 118 Å². The summed E-state index contributed by atoms with van der Waals surface area (Å²) in [4.78, 5) is 73.9. The Morgan fingerprint density at radius 1 is 0.238 bits per heavy atom. The predicted octanol–water partition coefficient (Wildman–Crippen LogP) is 21.7. The number of H-pyrrole nitrogens is 1. The quantitative estimate of drug-likeness (QED) is 0.0808. The van der Waals surface area contributed by atoms with Crippen LogP contribution in [0.2, 0.25) is 0 Å². The van der Waals surface area contributed by atoms with Gasteiger partial charge in [0.25, 0.3) is 5.56 Å². The number of aromatic amines is 1. The van der Waals surface area contributed by atoms with Crippen molar-refractivity contribution in [2.45, 2.75) is 63.8 Å². The van der Waals surface area contributed by atoms with Crippen LogP contribution in [-0.4, -0.2) is 54.4 Å². The lowest BCUT2D eigenvalue weighted by Crippen LogP contribution is -2.09. The Morgan fingerprint density at radius 3 is 0.629 bits per heavy atom. The molecule has 1 aromatic heterocycles. The second-order valence-electron chi connectivity index (χ2n) is 24.7. The minimum Gasteiger partial charge on any atom is -0.508 e. The summed E-state index contributed by atoms with van der Waals surface area (Å²) >= 11 is 0. The number of aromatic hydroxyl groups is 3. The summed E-state index contributed by atoms with van der Waals surface area (Å²) in [6.45, 7) is 12.0. The zero-order valence-electron chi connectivity index (χ0n) is 57.3. The van der Waals surface area contributed by atoms with Gasteiger partial charge >= 0.3 is 0 Å². The molecule has 0 spiro atoms. The number of hydrogen-bond acceptors (Lipinski definition) is 10. The summed E-state index contributed by atoms with van der Waals surface area (Å²) in [5, 5.41) is 35.5. The second-order valence-corrected chi connectivity index (χ2v) is 24.7. The van der Waals surface area contributed by atoms with E-state index in [1.807, 2.05) is 278 Å². The highest BCUT2D eigenvalue weighted by Crippen LogP contribution is 2.28. The van der Waals surface area contributed by atoms with E-state index in [2.05, 4.69) is 10.2 Å². The van der Waals surface area contributed by atoms with Crippen LogP contribution < -0.4 is 5.56 Å². The molecule has 105 heavy (non-hydrogen) atoms. The number of fused-ring (bicyclic) bond motifs is 1. The van der Waals surface area contributed by atoms with Crippen LogP contribution in [0.5, 0.6) is 17.2 Å². The topological polar surface area (TPSA) is 192 Å². The number of rotatable bonds is 13. The van der Waals surface area contributed by atoms with Crippen molar-refractivity contribution in [3.8, 4) is 50.8 Å². The number of phenols is 3. The van der Waals surface area contributed by atoms with Gasteiger partial charge in [0.05, 0.1) is 11.1 Å². The van der Waals surface area contributed by atoms with Crippen LogP contribution in [0.3, 0.4) is 0 Å². The van der Waals surface area contributed by atoms with Crippen molar-refractivity contribution in [1.29, 1.82) is 0 Å². The van der Waals surface area contributed by atoms with Crippen LogP contribution >= 0.6 is 0 Å². The molecule has 526 valence electrons. The summed E-state index contributed by atoms with van der Waals surface area (Å²) in [5.41, 5.74) is 18.9. The number of benzene rings is 13. The summed E-state index contributed by atoms with van der Waals surface area (Å²) < 4.78 is 0. The summed E-state index contributed by atoms with van der Waals surface area (Å²) in [6.07, 6.45) is 0. The van der Waals surface area contributed by atoms with Crippen molar-refractivity contribution >= 4 is 39.7 Å². The molecule has 0 unspecified atom stereocenters. The van der Waals surface area contributed by atoms with E-state index in [0.29, 0.717) is 55.6 Å². The first-order valence-electron chi connectivity index (χ1n) is 33.0. The van der Waals surface area contributed by atoms with Gasteiger partial charge in [0.2, 0.25) is 0 Å². The Bertz CT molecular complexity index is 4980. The molecule has 0 aliphatic carbocycles.